The number of hydrogen-bond acceptors (Lipinski definition) is 6. The van der Waals surface area contributed by atoms with Crippen molar-refractivity contribution in [1.82, 2.24) is 19.9 Å². The molecule has 0 aliphatic rings. The number of nitrogen functional groups attached to an aromatic ring is 2. The van der Waals surface area contributed by atoms with Gasteiger partial charge in [0, 0.05) is 41.2 Å². The number of para-hydroxylation sites is 2. The maximum absolute atomic E-state index is 5.72. The molecule has 3 aromatic heterocycles. The van der Waals surface area contributed by atoms with E-state index in [1.165, 1.54) is 6.33 Å². The standard InChI is InChI=1S/2C9H8N2.C4H4N2/c10-8-5-1-3-7-4-2-6-11-9(7)8;10-8-5-6-11-9-4-2-1-3-7(8)9;1-2-5-4-6-3-1/h1-6H,10H2;1-6H,(H2,10,11);1-4H. The van der Waals surface area contributed by atoms with E-state index in [4.69, 9.17) is 11.5 Å². The van der Waals surface area contributed by atoms with E-state index < -0.39 is 0 Å². The van der Waals surface area contributed by atoms with Crippen molar-refractivity contribution in [2.45, 2.75) is 0 Å². The molecule has 0 atom stereocenters. The fourth-order valence-electron chi connectivity index (χ4n) is 2.50. The van der Waals surface area contributed by atoms with Gasteiger partial charge in [0.25, 0.3) is 0 Å². The molecule has 0 amide bonds. The van der Waals surface area contributed by atoms with Crippen molar-refractivity contribution in [3.8, 4) is 0 Å². The van der Waals surface area contributed by atoms with Gasteiger partial charge >= 0.3 is 0 Å². The first-order valence-electron chi connectivity index (χ1n) is 8.64. The molecule has 0 radical (unpaired) electrons. The van der Waals surface area contributed by atoms with E-state index in [1.807, 2.05) is 60.7 Å². The molecule has 0 saturated heterocycles. The molecule has 0 unspecified atom stereocenters. The van der Waals surface area contributed by atoms with Crippen molar-refractivity contribution >= 4 is 33.2 Å². The summed E-state index contributed by atoms with van der Waals surface area (Å²) in [4.78, 5) is 15.7. The summed E-state index contributed by atoms with van der Waals surface area (Å²) in [5.74, 6) is 0. The average Bonchev–Trinajstić information content (AvgIpc) is 2.77. The number of anilines is 2. The van der Waals surface area contributed by atoms with Crippen LogP contribution in [0.4, 0.5) is 11.4 Å². The Morgan fingerprint density at radius 2 is 1.36 bits per heavy atom. The number of aromatic nitrogens is 4. The molecule has 28 heavy (non-hydrogen) atoms. The highest BCUT2D eigenvalue weighted by atomic mass is 14.8. The van der Waals surface area contributed by atoms with Crippen molar-refractivity contribution in [1.29, 1.82) is 0 Å². The van der Waals surface area contributed by atoms with Crippen LogP contribution in [0.25, 0.3) is 21.8 Å². The van der Waals surface area contributed by atoms with E-state index in [-0.39, 0.29) is 0 Å². The highest BCUT2D eigenvalue weighted by Gasteiger charge is 1.95. The van der Waals surface area contributed by atoms with Crippen molar-refractivity contribution in [3.05, 3.63) is 97.8 Å². The second-order valence-corrected chi connectivity index (χ2v) is 5.74. The van der Waals surface area contributed by atoms with E-state index in [0.717, 1.165) is 33.2 Å². The number of rotatable bonds is 0. The van der Waals surface area contributed by atoms with Gasteiger partial charge in [0.05, 0.1) is 16.7 Å². The first-order chi connectivity index (χ1) is 13.8. The number of nitrogens with two attached hydrogens (primary N) is 2. The second kappa shape index (κ2) is 9.59. The van der Waals surface area contributed by atoms with E-state index in [0.29, 0.717) is 0 Å². The monoisotopic (exact) mass is 368 g/mol. The third-order valence-electron chi connectivity index (χ3n) is 3.82. The van der Waals surface area contributed by atoms with Crippen LogP contribution in [0.15, 0.2) is 97.8 Å². The zero-order valence-electron chi connectivity index (χ0n) is 15.2. The number of nitrogens with zero attached hydrogens (tertiary/aromatic N) is 4. The summed E-state index contributed by atoms with van der Waals surface area (Å²) in [5, 5.41) is 2.11. The smallest absolute Gasteiger partial charge is 0.115 e. The molecule has 5 aromatic rings. The van der Waals surface area contributed by atoms with Crippen LogP contribution in [0.3, 0.4) is 0 Å². The van der Waals surface area contributed by atoms with Crippen molar-refractivity contribution in [2.24, 2.45) is 0 Å². The number of pyridine rings is 2. The molecule has 0 aliphatic heterocycles. The largest absolute Gasteiger partial charge is 0.398 e. The zero-order valence-corrected chi connectivity index (χ0v) is 15.2. The number of hydrogen-bond donors (Lipinski definition) is 2. The molecule has 6 heteroatoms. The van der Waals surface area contributed by atoms with E-state index >= 15 is 0 Å². The molecule has 0 saturated carbocycles. The topological polar surface area (TPSA) is 104 Å². The first kappa shape index (κ1) is 18.7. The first-order valence-corrected chi connectivity index (χ1v) is 8.64. The van der Waals surface area contributed by atoms with Crippen molar-refractivity contribution in [3.63, 3.8) is 0 Å². The van der Waals surface area contributed by atoms with Gasteiger partial charge in [-0.2, -0.15) is 0 Å². The van der Waals surface area contributed by atoms with Gasteiger partial charge in [-0.25, -0.2) is 9.97 Å². The van der Waals surface area contributed by atoms with Crippen molar-refractivity contribution in [2.75, 3.05) is 11.5 Å². The van der Waals surface area contributed by atoms with Crippen LogP contribution < -0.4 is 11.5 Å². The lowest BCUT2D eigenvalue weighted by Gasteiger charge is -1.97. The van der Waals surface area contributed by atoms with Gasteiger partial charge in [-0.05, 0) is 30.3 Å². The zero-order chi connectivity index (χ0) is 19.6. The quantitative estimate of drug-likeness (QED) is 0.399. The average molecular weight is 368 g/mol. The third-order valence-corrected chi connectivity index (χ3v) is 3.82. The molecule has 3 heterocycles. The van der Waals surface area contributed by atoms with E-state index in [9.17, 15) is 0 Å². The van der Waals surface area contributed by atoms with Gasteiger partial charge in [0.2, 0.25) is 0 Å². The molecule has 6 nitrogen and oxygen atoms in total. The van der Waals surface area contributed by atoms with E-state index in [2.05, 4.69) is 19.9 Å². The minimum Gasteiger partial charge on any atom is -0.398 e. The summed E-state index contributed by atoms with van der Waals surface area (Å²) in [6.45, 7) is 0. The summed E-state index contributed by atoms with van der Waals surface area (Å²) in [6, 6.07) is 21.1. The summed E-state index contributed by atoms with van der Waals surface area (Å²) >= 11 is 0. The third kappa shape index (κ3) is 4.98. The number of fused-ring (bicyclic) bond motifs is 2. The molecule has 0 bridgehead atoms. The van der Waals surface area contributed by atoms with Gasteiger partial charge in [0.15, 0.2) is 0 Å². The fourth-order valence-corrected chi connectivity index (χ4v) is 2.50. The van der Waals surface area contributed by atoms with Gasteiger partial charge in [-0.3, -0.25) is 9.97 Å². The molecule has 138 valence electrons. The summed E-state index contributed by atoms with van der Waals surface area (Å²) in [7, 11) is 0. The molecular weight excluding hydrogens is 348 g/mol. The van der Waals surface area contributed by atoms with Crippen LogP contribution in [-0.2, 0) is 0 Å². The van der Waals surface area contributed by atoms with Crippen LogP contribution >= 0.6 is 0 Å². The molecular formula is C22H20N6. The van der Waals surface area contributed by atoms with Gasteiger partial charge in [0.1, 0.15) is 6.33 Å². The molecule has 0 spiro atoms. The van der Waals surface area contributed by atoms with Crippen LogP contribution in [0, 0.1) is 0 Å². The summed E-state index contributed by atoms with van der Waals surface area (Å²) in [6.07, 6.45) is 8.34. The normalized spacial score (nSPS) is 9.71. The summed E-state index contributed by atoms with van der Waals surface area (Å²) in [5.41, 5.74) is 14.8. The maximum Gasteiger partial charge on any atom is 0.115 e. The highest BCUT2D eigenvalue weighted by molar-refractivity contribution is 5.89. The Morgan fingerprint density at radius 3 is 2.04 bits per heavy atom. The lowest BCUT2D eigenvalue weighted by molar-refractivity contribution is 1.17. The summed E-state index contributed by atoms with van der Waals surface area (Å²) < 4.78 is 0. The Balaban J connectivity index is 0.000000126. The van der Waals surface area contributed by atoms with Crippen molar-refractivity contribution < 1.29 is 0 Å². The molecule has 2 aromatic carbocycles. The lowest BCUT2D eigenvalue weighted by atomic mass is 10.2. The van der Waals surface area contributed by atoms with Gasteiger partial charge in [-0.15, -0.1) is 0 Å². The highest BCUT2D eigenvalue weighted by Crippen LogP contribution is 2.17. The molecule has 0 fully saturated rings. The van der Waals surface area contributed by atoms with Crippen LogP contribution in [-0.4, -0.2) is 19.9 Å². The van der Waals surface area contributed by atoms with Crippen LogP contribution in [0.2, 0.25) is 0 Å². The maximum atomic E-state index is 5.72. The Labute approximate surface area is 162 Å². The Morgan fingerprint density at radius 1 is 0.571 bits per heavy atom. The van der Waals surface area contributed by atoms with Crippen LogP contribution in [0.1, 0.15) is 0 Å². The van der Waals surface area contributed by atoms with Crippen LogP contribution in [0.5, 0.6) is 0 Å². The molecule has 4 N–H and O–H groups in total. The Kier molecular flexibility index (Phi) is 6.41. The molecule has 5 rings (SSSR count). The predicted molar refractivity (Wildman–Crippen MR) is 114 cm³/mol. The minimum absolute atomic E-state index is 0.739. The Hall–Kier alpha value is -4.06. The fraction of sp³-hybridized carbons (Fsp3) is 0. The predicted octanol–water partition coefficient (Wildman–Crippen LogP) is 4.11. The SMILES string of the molecule is Nc1cccc2cccnc12.Nc1ccnc2ccccc12.c1cncnc1. The van der Waals surface area contributed by atoms with E-state index in [1.54, 1.807) is 30.9 Å². The van der Waals surface area contributed by atoms with Gasteiger partial charge < -0.3 is 11.5 Å². The molecule has 0 aliphatic carbocycles. The van der Waals surface area contributed by atoms with Gasteiger partial charge in [-0.1, -0.05) is 36.4 Å². The Bertz CT molecular complexity index is 1030. The second-order valence-electron chi connectivity index (χ2n) is 5.74. The lowest BCUT2D eigenvalue weighted by Crippen LogP contribution is -1.87. The number of benzene rings is 2. The minimum atomic E-state index is 0.739.